The SMILES string of the molecule is CCCCCCCCC(=O)NCc1ncn[nH]1. The van der Waals surface area contributed by atoms with E-state index in [9.17, 15) is 4.79 Å². The number of nitrogens with one attached hydrogen (secondary N) is 2. The van der Waals surface area contributed by atoms with Gasteiger partial charge in [0, 0.05) is 6.42 Å². The van der Waals surface area contributed by atoms with Crippen LogP contribution in [0.25, 0.3) is 0 Å². The molecular formula is C12H22N4O. The van der Waals surface area contributed by atoms with Gasteiger partial charge in [-0.1, -0.05) is 39.0 Å². The first-order valence-corrected chi connectivity index (χ1v) is 6.44. The van der Waals surface area contributed by atoms with Crippen LogP contribution >= 0.6 is 0 Å². The predicted octanol–water partition coefficient (Wildman–Crippen LogP) is 2.17. The normalized spacial score (nSPS) is 10.4. The van der Waals surface area contributed by atoms with Crippen molar-refractivity contribution >= 4 is 5.91 Å². The summed E-state index contributed by atoms with van der Waals surface area (Å²) >= 11 is 0. The lowest BCUT2D eigenvalue weighted by molar-refractivity contribution is -0.121. The number of rotatable bonds is 9. The summed E-state index contributed by atoms with van der Waals surface area (Å²) in [6.45, 7) is 2.64. The van der Waals surface area contributed by atoms with Gasteiger partial charge in [0.1, 0.15) is 12.2 Å². The lowest BCUT2D eigenvalue weighted by Crippen LogP contribution is -2.22. The van der Waals surface area contributed by atoms with Gasteiger partial charge < -0.3 is 5.32 Å². The monoisotopic (exact) mass is 238 g/mol. The van der Waals surface area contributed by atoms with Crippen LogP contribution in [0, 0.1) is 0 Å². The Morgan fingerprint density at radius 1 is 1.29 bits per heavy atom. The number of aromatic nitrogens is 3. The van der Waals surface area contributed by atoms with Crippen LogP contribution in [-0.4, -0.2) is 21.1 Å². The van der Waals surface area contributed by atoms with E-state index >= 15 is 0 Å². The van der Waals surface area contributed by atoms with Gasteiger partial charge in [0.25, 0.3) is 0 Å². The fourth-order valence-electron chi connectivity index (χ4n) is 1.65. The first kappa shape index (κ1) is 13.7. The van der Waals surface area contributed by atoms with E-state index in [1.54, 1.807) is 0 Å². The zero-order valence-corrected chi connectivity index (χ0v) is 10.5. The maximum absolute atomic E-state index is 11.5. The van der Waals surface area contributed by atoms with Crippen molar-refractivity contribution in [3.8, 4) is 0 Å². The van der Waals surface area contributed by atoms with Crippen LogP contribution in [0.4, 0.5) is 0 Å². The van der Waals surface area contributed by atoms with Gasteiger partial charge in [-0.05, 0) is 6.42 Å². The molecule has 0 saturated heterocycles. The van der Waals surface area contributed by atoms with Gasteiger partial charge in [0.05, 0.1) is 6.54 Å². The standard InChI is InChI=1S/C12H22N4O/c1-2-3-4-5-6-7-8-12(17)13-9-11-14-10-15-16-11/h10H,2-9H2,1H3,(H,13,17)(H,14,15,16). The summed E-state index contributed by atoms with van der Waals surface area (Å²) < 4.78 is 0. The van der Waals surface area contributed by atoms with Crippen molar-refractivity contribution in [1.82, 2.24) is 20.5 Å². The van der Waals surface area contributed by atoms with Crippen LogP contribution in [0.1, 0.15) is 57.7 Å². The highest BCUT2D eigenvalue weighted by atomic mass is 16.1. The van der Waals surface area contributed by atoms with Crippen LogP contribution in [0.2, 0.25) is 0 Å². The molecule has 0 spiro atoms. The van der Waals surface area contributed by atoms with Crippen LogP contribution in [0.5, 0.6) is 0 Å². The maximum atomic E-state index is 11.5. The number of amides is 1. The predicted molar refractivity (Wildman–Crippen MR) is 66.2 cm³/mol. The second-order valence-corrected chi connectivity index (χ2v) is 4.23. The quantitative estimate of drug-likeness (QED) is 0.648. The van der Waals surface area contributed by atoms with Gasteiger partial charge in [-0.15, -0.1) is 0 Å². The molecule has 0 aliphatic carbocycles. The molecule has 0 fully saturated rings. The van der Waals surface area contributed by atoms with Crippen molar-refractivity contribution < 1.29 is 4.79 Å². The number of carbonyl (C=O) groups excluding carboxylic acids is 1. The van der Waals surface area contributed by atoms with Gasteiger partial charge in [0.2, 0.25) is 5.91 Å². The van der Waals surface area contributed by atoms with E-state index < -0.39 is 0 Å². The van der Waals surface area contributed by atoms with Crippen molar-refractivity contribution in [2.45, 2.75) is 58.4 Å². The molecule has 0 saturated carbocycles. The molecule has 1 aromatic rings. The summed E-state index contributed by atoms with van der Waals surface area (Å²) in [7, 11) is 0. The Morgan fingerprint density at radius 2 is 2.06 bits per heavy atom. The third-order valence-corrected chi connectivity index (χ3v) is 2.68. The smallest absolute Gasteiger partial charge is 0.220 e. The van der Waals surface area contributed by atoms with E-state index in [4.69, 9.17) is 0 Å². The molecule has 0 aliphatic rings. The summed E-state index contributed by atoms with van der Waals surface area (Å²) in [5, 5.41) is 9.24. The van der Waals surface area contributed by atoms with Crippen molar-refractivity contribution in [3.05, 3.63) is 12.2 Å². The summed E-state index contributed by atoms with van der Waals surface area (Å²) in [6.07, 6.45) is 9.27. The Bertz CT molecular complexity index is 297. The highest BCUT2D eigenvalue weighted by Gasteiger charge is 2.02. The van der Waals surface area contributed by atoms with Gasteiger partial charge in [0.15, 0.2) is 0 Å². The molecule has 5 heteroatoms. The van der Waals surface area contributed by atoms with E-state index in [2.05, 4.69) is 27.4 Å². The van der Waals surface area contributed by atoms with E-state index in [0.717, 1.165) is 12.8 Å². The number of unbranched alkanes of at least 4 members (excludes halogenated alkanes) is 5. The Labute approximate surface area is 102 Å². The highest BCUT2D eigenvalue weighted by Crippen LogP contribution is 2.06. The molecule has 17 heavy (non-hydrogen) atoms. The zero-order valence-electron chi connectivity index (χ0n) is 10.5. The number of H-pyrrole nitrogens is 1. The molecule has 0 bridgehead atoms. The number of carbonyl (C=O) groups is 1. The Hall–Kier alpha value is -1.39. The largest absolute Gasteiger partial charge is 0.349 e. The lowest BCUT2D eigenvalue weighted by Gasteiger charge is -2.03. The average molecular weight is 238 g/mol. The third-order valence-electron chi connectivity index (χ3n) is 2.68. The number of aromatic amines is 1. The third kappa shape index (κ3) is 6.71. The highest BCUT2D eigenvalue weighted by molar-refractivity contribution is 5.75. The first-order chi connectivity index (χ1) is 8.33. The number of hydrogen-bond donors (Lipinski definition) is 2. The average Bonchev–Trinajstić information content (AvgIpc) is 2.84. The minimum absolute atomic E-state index is 0.0943. The molecule has 5 nitrogen and oxygen atoms in total. The molecule has 1 amide bonds. The molecular weight excluding hydrogens is 216 g/mol. The van der Waals surface area contributed by atoms with Gasteiger partial charge in [-0.2, -0.15) is 5.10 Å². The molecule has 0 unspecified atom stereocenters. The molecule has 1 aromatic heterocycles. The summed E-state index contributed by atoms with van der Waals surface area (Å²) in [5.74, 6) is 0.790. The van der Waals surface area contributed by atoms with E-state index in [1.165, 1.54) is 32.0 Å². The molecule has 0 aromatic carbocycles. The van der Waals surface area contributed by atoms with Crippen molar-refractivity contribution in [1.29, 1.82) is 0 Å². The summed E-state index contributed by atoms with van der Waals surface area (Å²) in [6, 6.07) is 0. The van der Waals surface area contributed by atoms with E-state index in [-0.39, 0.29) is 5.91 Å². The van der Waals surface area contributed by atoms with Gasteiger partial charge >= 0.3 is 0 Å². The molecule has 1 rings (SSSR count). The van der Waals surface area contributed by atoms with Crippen LogP contribution in [0.3, 0.4) is 0 Å². The van der Waals surface area contributed by atoms with E-state index in [1.807, 2.05) is 0 Å². The Balaban J connectivity index is 1.94. The summed E-state index contributed by atoms with van der Waals surface area (Å²) in [4.78, 5) is 15.4. The molecule has 0 atom stereocenters. The fourth-order valence-corrected chi connectivity index (χ4v) is 1.65. The van der Waals surface area contributed by atoms with Crippen LogP contribution in [0.15, 0.2) is 6.33 Å². The topological polar surface area (TPSA) is 70.7 Å². The second kappa shape index (κ2) is 8.73. The molecule has 96 valence electrons. The minimum Gasteiger partial charge on any atom is -0.349 e. The first-order valence-electron chi connectivity index (χ1n) is 6.44. The minimum atomic E-state index is 0.0943. The van der Waals surface area contributed by atoms with Crippen molar-refractivity contribution in [3.63, 3.8) is 0 Å². The molecule has 0 aliphatic heterocycles. The van der Waals surface area contributed by atoms with Crippen molar-refractivity contribution in [2.75, 3.05) is 0 Å². The van der Waals surface area contributed by atoms with Crippen LogP contribution in [-0.2, 0) is 11.3 Å². The molecule has 1 heterocycles. The molecule has 0 radical (unpaired) electrons. The lowest BCUT2D eigenvalue weighted by atomic mass is 10.1. The zero-order chi connectivity index (χ0) is 12.3. The second-order valence-electron chi connectivity index (χ2n) is 4.23. The van der Waals surface area contributed by atoms with Gasteiger partial charge in [-0.25, -0.2) is 4.98 Å². The maximum Gasteiger partial charge on any atom is 0.220 e. The van der Waals surface area contributed by atoms with Gasteiger partial charge in [-0.3, -0.25) is 9.89 Å². The molecule has 2 N–H and O–H groups in total. The Kier molecular flexibility index (Phi) is 7.02. The van der Waals surface area contributed by atoms with E-state index in [0.29, 0.717) is 18.8 Å². The Morgan fingerprint density at radius 3 is 2.76 bits per heavy atom. The number of nitrogens with zero attached hydrogens (tertiary/aromatic N) is 2. The number of hydrogen-bond acceptors (Lipinski definition) is 3. The fraction of sp³-hybridized carbons (Fsp3) is 0.750. The van der Waals surface area contributed by atoms with Crippen molar-refractivity contribution in [2.24, 2.45) is 0 Å². The van der Waals surface area contributed by atoms with Crippen LogP contribution < -0.4 is 5.32 Å². The summed E-state index contributed by atoms with van der Waals surface area (Å²) in [5.41, 5.74) is 0.